The molecule has 0 atom stereocenters. The molecule has 0 aliphatic carbocycles. The lowest BCUT2D eigenvalue weighted by Crippen LogP contribution is -2.48. The minimum absolute atomic E-state index is 0.148. The Labute approximate surface area is 155 Å². The van der Waals surface area contributed by atoms with Crippen LogP contribution in [0.4, 0.5) is 0 Å². The molecule has 1 aromatic carbocycles. The van der Waals surface area contributed by atoms with Crippen molar-refractivity contribution in [2.75, 3.05) is 39.5 Å². The molecule has 6 nitrogen and oxygen atoms in total. The summed E-state index contributed by atoms with van der Waals surface area (Å²) in [6.45, 7) is 7.90. The van der Waals surface area contributed by atoms with Crippen LogP contribution in [0.1, 0.15) is 38.7 Å². The molecule has 0 saturated carbocycles. The Balaban J connectivity index is 1.62. The van der Waals surface area contributed by atoms with Gasteiger partial charge in [0, 0.05) is 19.7 Å². The van der Waals surface area contributed by atoms with Crippen LogP contribution in [0.2, 0.25) is 0 Å². The molecule has 0 unspecified atom stereocenters. The van der Waals surface area contributed by atoms with Crippen molar-refractivity contribution < 1.29 is 19.0 Å². The number of carbonyl (C=O) groups excluding carboxylic acids is 1. The lowest BCUT2D eigenvalue weighted by atomic mass is 9.82. The summed E-state index contributed by atoms with van der Waals surface area (Å²) in [5, 5.41) is 0. The van der Waals surface area contributed by atoms with Gasteiger partial charge in [-0.2, -0.15) is 0 Å². The molecule has 1 aromatic rings. The minimum Gasteiger partial charge on any atom is -0.486 e. The summed E-state index contributed by atoms with van der Waals surface area (Å²) in [5.41, 5.74) is 5.85. The van der Waals surface area contributed by atoms with Crippen molar-refractivity contribution in [3.05, 3.63) is 23.8 Å². The molecule has 0 radical (unpaired) electrons. The van der Waals surface area contributed by atoms with Crippen LogP contribution in [-0.2, 0) is 14.9 Å². The Bertz CT molecular complexity index is 624. The zero-order valence-corrected chi connectivity index (χ0v) is 15.8. The van der Waals surface area contributed by atoms with Gasteiger partial charge in [0.25, 0.3) is 0 Å². The summed E-state index contributed by atoms with van der Waals surface area (Å²) in [4.78, 5) is 15.1. The SMILES string of the molecule is CC(C)(C(=O)N1CCC(OCCCN)CC1)c1ccc2c(c1)OCCO2. The van der Waals surface area contributed by atoms with Gasteiger partial charge in [0.15, 0.2) is 11.5 Å². The van der Waals surface area contributed by atoms with Crippen molar-refractivity contribution in [3.8, 4) is 11.5 Å². The van der Waals surface area contributed by atoms with E-state index in [-0.39, 0.29) is 12.0 Å². The number of rotatable bonds is 6. The smallest absolute Gasteiger partial charge is 0.232 e. The normalized spacial score (nSPS) is 18.0. The average molecular weight is 362 g/mol. The molecule has 2 aliphatic heterocycles. The first kappa shape index (κ1) is 19.0. The van der Waals surface area contributed by atoms with Gasteiger partial charge in [-0.1, -0.05) is 6.07 Å². The van der Waals surface area contributed by atoms with Crippen molar-refractivity contribution in [2.45, 2.75) is 44.6 Å². The molecule has 0 bridgehead atoms. The molecule has 2 N–H and O–H groups in total. The van der Waals surface area contributed by atoms with Crippen molar-refractivity contribution in [2.24, 2.45) is 5.73 Å². The number of benzene rings is 1. The van der Waals surface area contributed by atoms with Gasteiger partial charge in [-0.15, -0.1) is 0 Å². The topological polar surface area (TPSA) is 74.0 Å². The van der Waals surface area contributed by atoms with E-state index in [0.717, 1.165) is 49.4 Å². The molecule has 144 valence electrons. The molecule has 1 fully saturated rings. The van der Waals surface area contributed by atoms with E-state index in [1.165, 1.54) is 0 Å². The fourth-order valence-corrected chi connectivity index (χ4v) is 3.51. The highest BCUT2D eigenvalue weighted by Crippen LogP contribution is 2.36. The van der Waals surface area contributed by atoms with Crippen LogP contribution >= 0.6 is 0 Å². The Morgan fingerprint density at radius 1 is 1.23 bits per heavy atom. The van der Waals surface area contributed by atoms with Gasteiger partial charge in [-0.3, -0.25) is 4.79 Å². The number of hydrogen-bond acceptors (Lipinski definition) is 5. The predicted octanol–water partition coefficient (Wildman–Crippen LogP) is 2.09. The molecular formula is C20H30N2O4. The molecule has 1 amide bonds. The summed E-state index contributed by atoms with van der Waals surface area (Å²) >= 11 is 0. The third-order valence-corrected chi connectivity index (χ3v) is 5.23. The van der Waals surface area contributed by atoms with Crippen LogP contribution < -0.4 is 15.2 Å². The second-order valence-electron chi connectivity index (χ2n) is 7.49. The molecule has 2 aliphatic rings. The minimum atomic E-state index is -0.608. The van der Waals surface area contributed by atoms with Gasteiger partial charge in [0.05, 0.1) is 11.5 Å². The Morgan fingerprint density at radius 3 is 2.62 bits per heavy atom. The third-order valence-electron chi connectivity index (χ3n) is 5.23. The van der Waals surface area contributed by atoms with E-state index in [2.05, 4.69) is 0 Å². The number of carbonyl (C=O) groups is 1. The van der Waals surface area contributed by atoms with Crippen molar-refractivity contribution in [1.82, 2.24) is 4.90 Å². The van der Waals surface area contributed by atoms with Crippen LogP contribution in [0.5, 0.6) is 11.5 Å². The van der Waals surface area contributed by atoms with Gasteiger partial charge in [-0.05, 0) is 57.4 Å². The molecule has 26 heavy (non-hydrogen) atoms. The Hall–Kier alpha value is -1.79. The van der Waals surface area contributed by atoms with Crippen LogP contribution in [-0.4, -0.2) is 56.4 Å². The monoisotopic (exact) mass is 362 g/mol. The molecule has 0 spiro atoms. The summed E-state index contributed by atoms with van der Waals surface area (Å²) < 4.78 is 17.1. The number of amides is 1. The molecule has 3 rings (SSSR count). The fourth-order valence-electron chi connectivity index (χ4n) is 3.51. The van der Waals surface area contributed by atoms with Gasteiger partial charge >= 0.3 is 0 Å². The van der Waals surface area contributed by atoms with Gasteiger partial charge in [-0.25, -0.2) is 0 Å². The summed E-state index contributed by atoms with van der Waals surface area (Å²) in [6, 6.07) is 5.81. The lowest BCUT2D eigenvalue weighted by Gasteiger charge is -2.37. The quantitative estimate of drug-likeness (QED) is 0.785. The maximum absolute atomic E-state index is 13.2. The van der Waals surface area contributed by atoms with Crippen LogP contribution in [0.25, 0.3) is 0 Å². The summed E-state index contributed by atoms with van der Waals surface area (Å²) in [6.07, 6.45) is 2.89. The standard InChI is InChI=1S/C20H30N2O4/c1-20(2,15-4-5-17-18(14-15)26-13-12-25-17)19(23)22-9-6-16(7-10-22)24-11-3-8-21/h4-5,14,16H,3,6-13,21H2,1-2H3. The number of ether oxygens (including phenoxy) is 3. The first-order valence-electron chi connectivity index (χ1n) is 9.53. The van der Waals surface area contributed by atoms with Crippen LogP contribution in [0.15, 0.2) is 18.2 Å². The highest BCUT2D eigenvalue weighted by molar-refractivity contribution is 5.87. The van der Waals surface area contributed by atoms with Gasteiger partial charge in [0.1, 0.15) is 13.2 Å². The summed E-state index contributed by atoms with van der Waals surface area (Å²) in [7, 11) is 0. The highest BCUT2D eigenvalue weighted by atomic mass is 16.6. The van der Waals surface area contributed by atoms with E-state index in [1.54, 1.807) is 0 Å². The van der Waals surface area contributed by atoms with Crippen LogP contribution in [0.3, 0.4) is 0 Å². The zero-order valence-electron chi connectivity index (χ0n) is 15.8. The zero-order chi connectivity index (χ0) is 18.6. The number of fused-ring (bicyclic) bond motifs is 1. The average Bonchev–Trinajstić information content (AvgIpc) is 2.67. The number of nitrogens with two attached hydrogens (primary N) is 1. The van der Waals surface area contributed by atoms with E-state index in [4.69, 9.17) is 19.9 Å². The van der Waals surface area contributed by atoms with Gasteiger partial charge < -0.3 is 24.8 Å². The number of piperidine rings is 1. The molecule has 1 saturated heterocycles. The van der Waals surface area contributed by atoms with Crippen molar-refractivity contribution in [1.29, 1.82) is 0 Å². The molecule has 0 aromatic heterocycles. The maximum Gasteiger partial charge on any atom is 0.232 e. The number of hydrogen-bond donors (Lipinski definition) is 1. The second kappa shape index (κ2) is 8.27. The number of nitrogens with zero attached hydrogens (tertiary/aromatic N) is 1. The van der Waals surface area contributed by atoms with Crippen molar-refractivity contribution in [3.63, 3.8) is 0 Å². The lowest BCUT2D eigenvalue weighted by molar-refractivity contribution is -0.139. The van der Waals surface area contributed by atoms with E-state index in [9.17, 15) is 4.79 Å². The second-order valence-corrected chi connectivity index (χ2v) is 7.49. The summed E-state index contributed by atoms with van der Waals surface area (Å²) in [5.74, 6) is 1.62. The molecular weight excluding hydrogens is 332 g/mol. The Morgan fingerprint density at radius 2 is 1.92 bits per heavy atom. The van der Waals surface area contributed by atoms with E-state index in [0.29, 0.717) is 26.4 Å². The largest absolute Gasteiger partial charge is 0.486 e. The first-order chi connectivity index (χ1) is 12.5. The molecule has 6 heteroatoms. The predicted molar refractivity (Wildman–Crippen MR) is 99.7 cm³/mol. The number of likely N-dealkylation sites (tertiary alicyclic amines) is 1. The van der Waals surface area contributed by atoms with Crippen molar-refractivity contribution >= 4 is 5.91 Å². The highest BCUT2D eigenvalue weighted by Gasteiger charge is 2.36. The van der Waals surface area contributed by atoms with Gasteiger partial charge in [0.2, 0.25) is 5.91 Å². The maximum atomic E-state index is 13.2. The third kappa shape index (κ3) is 4.13. The molecule has 2 heterocycles. The van der Waals surface area contributed by atoms with E-state index >= 15 is 0 Å². The first-order valence-corrected chi connectivity index (χ1v) is 9.53. The van der Waals surface area contributed by atoms with E-state index in [1.807, 2.05) is 36.9 Å². The Kier molecular flexibility index (Phi) is 6.04. The van der Waals surface area contributed by atoms with Crippen LogP contribution in [0, 0.1) is 0 Å². The fraction of sp³-hybridized carbons (Fsp3) is 0.650. The van der Waals surface area contributed by atoms with E-state index < -0.39 is 5.41 Å².